The average molecular weight is 260 g/mol. The van der Waals surface area contributed by atoms with Gasteiger partial charge in [0.1, 0.15) is 11.2 Å². The zero-order valence-electron chi connectivity index (χ0n) is 10.7. The molecule has 100 valence electrons. The summed E-state index contributed by atoms with van der Waals surface area (Å²) < 4.78 is 7.32. The van der Waals surface area contributed by atoms with Crippen LogP contribution in [0.2, 0.25) is 0 Å². The number of aromatic nitrogens is 2. The smallest absolute Gasteiger partial charge is 0.243 e. The lowest BCUT2D eigenvalue weighted by Gasteiger charge is -2.36. The Morgan fingerprint density at radius 2 is 2.21 bits per heavy atom. The van der Waals surface area contributed by atoms with Crippen molar-refractivity contribution in [3.8, 4) is 6.07 Å². The van der Waals surface area contributed by atoms with Crippen molar-refractivity contribution in [2.24, 2.45) is 5.41 Å². The van der Waals surface area contributed by atoms with Crippen LogP contribution in [-0.2, 0) is 22.6 Å². The third-order valence-corrected chi connectivity index (χ3v) is 4.00. The Labute approximate surface area is 111 Å². The zero-order valence-corrected chi connectivity index (χ0v) is 10.7. The molecule has 2 aliphatic heterocycles. The van der Waals surface area contributed by atoms with Crippen molar-refractivity contribution in [2.75, 3.05) is 19.8 Å². The molecule has 0 aromatic carbocycles. The van der Waals surface area contributed by atoms with Gasteiger partial charge in [-0.15, -0.1) is 0 Å². The Hall–Kier alpha value is -1.87. The largest absolute Gasteiger partial charge is 0.381 e. The van der Waals surface area contributed by atoms with Crippen LogP contribution in [0.5, 0.6) is 0 Å². The standard InChI is InChI=1S/C13H16N4O2/c14-10-13(1-7-19-8-2-13)12(18)17-6-5-16-4-3-15-11(16)9-17/h3-4H,1-2,5-9H2. The Kier molecular flexibility index (Phi) is 2.99. The SMILES string of the molecule is N#CC1(C(=O)N2CCn3ccnc3C2)CCOCC1. The molecule has 0 aliphatic carbocycles. The Bertz CT molecular complexity index is 525. The maximum atomic E-state index is 12.6. The van der Waals surface area contributed by atoms with E-state index >= 15 is 0 Å². The molecule has 3 rings (SSSR count). The maximum absolute atomic E-state index is 12.6. The van der Waals surface area contributed by atoms with Crippen molar-refractivity contribution in [2.45, 2.75) is 25.9 Å². The Balaban J connectivity index is 1.79. The molecule has 2 aliphatic rings. The summed E-state index contributed by atoms with van der Waals surface area (Å²) in [7, 11) is 0. The number of carbonyl (C=O) groups is 1. The summed E-state index contributed by atoms with van der Waals surface area (Å²) in [5, 5.41) is 9.42. The van der Waals surface area contributed by atoms with Crippen LogP contribution in [0.3, 0.4) is 0 Å². The lowest BCUT2D eigenvalue weighted by molar-refractivity contribution is -0.145. The van der Waals surface area contributed by atoms with Gasteiger partial charge in [0.15, 0.2) is 0 Å². The number of rotatable bonds is 1. The highest BCUT2D eigenvalue weighted by Crippen LogP contribution is 2.33. The van der Waals surface area contributed by atoms with Gasteiger partial charge in [-0.25, -0.2) is 4.98 Å². The molecule has 1 saturated heterocycles. The van der Waals surface area contributed by atoms with E-state index in [9.17, 15) is 10.1 Å². The molecule has 1 fully saturated rings. The summed E-state index contributed by atoms with van der Waals surface area (Å²) in [5.74, 6) is 0.826. The van der Waals surface area contributed by atoms with Gasteiger partial charge in [-0.2, -0.15) is 5.26 Å². The minimum absolute atomic E-state index is 0.0625. The second kappa shape index (κ2) is 4.67. The van der Waals surface area contributed by atoms with Crippen LogP contribution in [0.15, 0.2) is 12.4 Å². The highest BCUT2D eigenvalue weighted by Gasteiger charge is 2.43. The lowest BCUT2D eigenvalue weighted by atomic mass is 9.80. The number of hydrogen-bond acceptors (Lipinski definition) is 4. The molecule has 3 heterocycles. The molecule has 6 nitrogen and oxygen atoms in total. The fourth-order valence-electron chi connectivity index (χ4n) is 2.74. The third kappa shape index (κ3) is 2.00. The summed E-state index contributed by atoms with van der Waals surface area (Å²) in [5.41, 5.74) is -0.896. The summed E-state index contributed by atoms with van der Waals surface area (Å²) in [6.07, 6.45) is 4.66. The van der Waals surface area contributed by atoms with Gasteiger partial charge in [0.05, 0.1) is 12.6 Å². The molecule has 6 heteroatoms. The second-order valence-corrected chi connectivity index (χ2v) is 5.07. The summed E-state index contributed by atoms with van der Waals surface area (Å²) in [6.45, 7) is 2.87. The molecule has 19 heavy (non-hydrogen) atoms. The monoisotopic (exact) mass is 260 g/mol. The van der Waals surface area contributed by atoms with E-state index in [0.29, 0.717) is 39.1 Å². The van der Waals surface area contributed by atoms with Crippen molar-refractivity contribution in [3.63, 3.8) is 0 Å². The first kappa shape index (κ1) is 12.2. The van der Waals surface area contributed by atoms with E-state index in [1.54, 1.807) is 11.1 Å². The molecule has 1 amide bonds. The number of fused-ring (bicyclic) bond motifs is 1. The number of nitrogens with zero attached hydrogens (tertiary/aromatic N) is 4. The average Bonchev–Trinajstić information content (AvgIpc) is 2.94. The van der Waals surface area contributed by atoms with E-state index in [0.717, 1.165) is 12.4 Å². The quantitative estimate of drug-likeness (QED) is 0.739. The number of carbonyl (C=O) groups excluding carboxylic acids is 1. The number of amides is 1. The molecule has 0 bridgehead atoms. The Morgan fingerprint density at radius 1 is 1.42 bits per heavy atom. The minimum Gasteiger partial charge on any atom is -0.381 e. The first-order valence-corrected chi connectivity index (χ1v) is 6.53. The summed E-state index contributed by atoms with van der Waals surface area (Å²) in [6, 6.07) is 2.23. The molecule has 0 radical (unpaired) electrons. The number of hydrogen-bond donors (Lipinski definition) is 0. The topological polar surface area (TPSA) is 71.2 Å². The van der Waals surface area contributed by atoms with Crippen LogP contribution in [0.25, 0.3) is 0 Å². The van der Waals surface area contributed by atoms with Crippen LogP contribution in [-0.4, -0.2) is 40.1 Å². The molecule has 1 aromatic heterocycles. The fraction of sp³-hybridized carbons (Fsp3) is 0.615. The molecule has 1 aromatic rings. The van der Waals surface area contributed by atoms with Crippen molar-refractivity contribution in [1.82, 2.24) is 14.5 Å². The zero-order chi connectivity index (χ0) is 13.3. The highest BCUT2D eigenvalue weighted by molar-refractivity contribution is 5.85. The molecule has 0 N–H and O–H groups in total. The lowest BCUT2D eigenvalue weighted by Crippen LogP contribution is -2.48. The normalized spacial score (nSPS) is 21.5. The predicted octanol–water partition coefficient (Wildman–Crippen LogP) is 0.546. The van der Waals surface area contributed by atoms with Gasteiger partial charge in [-0.3, -0.25) is 4.79 Å². The van der Waals surface area contributed by atoms with E-state index in [4.69, 9.17) is 4.74 Å². The summed E-state index contributed by atoms with van der Waals surface area (Å²) in [4.78, 5) is 18.7. The van der Waals surface area contributed by atoms with Crippen molar-refractivity contribution < 1.29 is 9.53 Å². The van der Waals surface area contributed by atoms with Crippen LogP contribution >= 0.6 is 0 Å². The minimum atomic E-state index is -0.896. The van der Waals surface area contributed by atoms with Gasteiger partial charge in [-0.05, 0) is 12.8 Å². The first-order chi connectivity index (χ1) is 9.25. The van der Waals surface area contributed by atoms with Crippen molar-refractivity contribution >= 4 is 5.91 Å². The highest BCUT2D eigenvalue weighted by atomic mass is 16.5. The van der Waals surface area contributed by atoms with Gasteiger partial charge in [0.2, 0.25) is 5.91 Å². The van der Waals surface area contributed by atoms with Gasteiger partial charge in [0, 0.05) is 38.7 Å². The van der Waals surface area contributed by atoms with Gasteiger partial charge in [-0.1, -0.05) is 0 Å². The van der Waals surface area contributed by atoms with E-state index < -0.39 is 5.41 Å². The van der Waals surface area contributed by atoms with Crippen LogP contribution < -0.4 is 0 Å². The Morgan fingerprint density at radius 3 is 2.95 bits per heavy atom. The molecular weight excluding hydrogens is 244 g/mol. The van der Waals surface area contributed by atoms with Crippen LogP contribution in [0.1, 0.15) is 18.7 Å². The number of nitriles is 1. The fourth-order valence-corrected chi connectivity index (χ4v) is 2.74. The molecule has 0 unspecified atom stereocenters. The van der Waals surface area contributed by atoms with Gasteiger partial charge >= 0.3 is 0 Å². The second-order valence-electron chi connectivity index (χ2n) is 5.07. The van der Waals surface area contributed by atoms with Crippen LogP contribution in [0.4, 0.5) is 0 Å². The number of ether oxygens (including phenoxy) is 1. The van der Waals surface area contributed by atoms with Gasteiger partial charge in [0.25, 0.3) is 0 Å². The molecule has 0 spiro atoms. The van der Waals surface area contributed by atoms with E-state index in [1.807, 2.05) is 10.8 Å². The van der Waals surface area contributed by atoms with Crippen LogP contribution in [0, 0.1) is 16.7 Å². The third-order valence-electron chi connectivity index (χ3n) is 4.00. The maximum Gasteiger partial charge on any atom is 0.243 e. The number of imidazole rings is 1. The molecular formula is C13H16N4O2. The van der Waals surface area contributed by atoms with E-state index in [-0.39, 0.29) is 5.91 Å². The van der Waals surface area contributed by atoms with Gasteiger partial charge < -0.3 is 14.2 Å². The first-order valence-electron chi connectivity index (χ1n) is 6.53. The molecule has 0 atom stereocenters. The van der Waals surface area contributed by atoms with E-state index in [2.05, 4.69) is 11.1 Å². The predicted molar refractivity (Wildman–Crippen MR) is 65.7 cm³/mol. The van der Waals surface area contributed by atoms with Crippen molar-refractivity contribution in [3.05, 3.63) is 18.2 Å². The van der Waals surface area contributed by atoms with E-state index in [1.165, 1.54) is 0 Å². The molecule has 0 saturated carbocycles. The van der Waals surface area contributed by atoms with Crippen molar-refractivity contribution in [1.29, 1.82) is 5.26 Å². The summed E-state index contributed by atoms with van der Waals surface area (Å²) >= 11 is 0.